The minimum Gasteiger partial charge on any atom is -0.501 e. The van der Waals surface area contributed by atoms with Crippen LogP contribution >= 0.6 is 0 Å². The second-order valence-electron chi connectivity index (χ2n) is 1.83. The zero-order valence-corrected chi connectivity index (χ0v) is 5.29. The maximum atomic E-state index is 10.5. The second kappa shape index (κ2) is 2.85. The molecule has 1 aliphatic rings. The highest BCUT2D eigenvalue weighted by atomic mass is 16.6. The fourth-order valence-electron chi connectivity index (χ4n) is 0.729. The summed E-state index contributed by atoms with van der Waals surface area (Å²) in [6.45, 7) is 0.480. The van der Waals surface area contributed by atoms with Crippen LogP contribution in [0.2, 0.25) is 0 Å². The smallest absolute Gasteiger partial charge is 0.214 e. The molecule has 0 amide bonds. The molecule has 1 unspecified atom stereocenters. The van der Waals surface area contributed by atoms with Crippen LogP contribution in [-0.2, 0) is 14.6 Å². The molecule has 1 radical (unpaired) electrons. The molecule has 0 N–H and O–H groups in total. The van der Waals surface area contributed by atoms with E-state index in [0.29, 0.717) is 6.61 Å². The highest BCUT2D eigenvalue weighted by Crippen LogP contribution is 2.11. The molecule has 0 aromatic carbocycles. The highest BCUT2D eigenvalue weighted by molar-refractivity contribution is 4.97. The number of ether oxygens (including phenoxy) is 2. The monoisotopic (exact) mass is 129 g/mol. The summed E-state index contributed by atoms with van der Waals surface area (Å²) in [6.07, 6.45) is 1.15. The molecule has 3 heteroatoms. The van der Waals surface area contributed by atoms with E-state index in [9.17, 15) is 5.11 Å². The van der Waals surface area contributed by atoms with Crippen molar-refractivity contribution in [3.05, 3.63) is 11.8 Å². The zero-order valence-electron chi connectivity index (χ0n) is 5.29. The van der Waals surface area contributed by atoms with Crippen LogP contribution < -0.4 is 0 Å². The predicted molar refractivity (Wildman–Crippen MR) is 30.1 cm³/mol. The number of rotatable bonds is 1. The van der Waals surface area contributed by atoms with E-state index < -0.39 is 6.29 Å². The Morgan fingerprint density at radius 1 is 1.89 bits per heavy atom. The van der Waals surface area contributed by atoms with E-state index in [1.165, 1.54) is 6.08 Å². The maximum absolute atomic E-state index is 10.5. The lowest BCUT2D eigenvalue weighted by molar-refractivity contribution is -0.116. The van der Waals surface area contributed by atoms with E-state index in [1.54, 1.807) is 7.11 Å². The molecule has 1 rings (SSSR count). The Morgan fingerprint density at radius 2 is 2.67 bits per heavy atom. The molecular formula is C6H9O3. The minimum absolute atomic E-state index is 0.480. The van der Waals surface area contributed by atoms with Crippen molar-refractivity contribution < 1.29 is 14.6 Å². The molecule has 3 nitrogen and oxygen atoms in total. The van der Waals surface area contributed by atoms with Crippen molar-refractivity contribution in [3.8, 4) is 0 Å². The SMILES string of the molecule is COC1=CC([O])OCC1. The third-order valence-corrected chi connectivity index (χ3v) is 1.21. The molecule has 0 spiro atoms. The lowest BCUT2D eigenvalue weighted by atomic mass is 10.3. The quantitative estimate of drug-likeness (QED) is 0.522. The summed E-state index contributed by atoms with van der Waals surface area (Å²) >= 11 is 0. The molecule has 0 bridgehead atoms. The van der Waals surface area contributed by atoms with Gasteiger partial charge in [0.15, 0.2) is 0 Å². The summed E-state index contributed by atoms with van der Waals surface area (Å²) in [6, 6.07) is 0. The molecule has 51 valence electrons. The van der Waals surface area contributed by atoms with Crippen LogP contribution in [0.4, 0.5) is 0 Å². The van der Waals surface area contributed by atoms with Crippen LogP contribution in [-0.4, -0.2) is 20.0 Å². The first-order chi connectivity index (χ1) is 4.33. The van der Waals surface area contributed by atoms with Crippen LogP contribution in [0.25, 0.3) is 0 Å². The van der Waals surface area contributed by atoms with Gasteiger partial charge in [-0.2, -0.15) is 5.11 Å². The van der Waals surface area contributed by atoms with Gasteiger partial charge in [-0.25, -0.2) is 0 Å². The third kappa shape index (κ3) is 1.69. The van der Waals surface area contributed by atoms with Crippen LogP contribution in [0.15, 0.2) is 11.8 Å². The van der Waals surface area contributed by atoms with Gasteiger partial charge in [0.25, 0.3) is 0 Å². The number of methoxy groups -OCH3 is 1. The highest BCUT2D eigenvalue weighted by Gasteiger charge is 2.11. The Morgan fingerprint density at radius 3 is 3.11 bits per heavy atom. The molecule has 1 heterocycles. The Kier molecular flexibility index (Phi) is 2.08. The van der Waals surface area contributed by atoms with Gasteiger partial charge in [0.05, 0.1) is 19.5 Å². The zero-order chi connectivity index (χ0) is 6.69. The molecular weight excluding hydrogens is 120 g/mol. The molecule has 0 aromatic rings. The fraction of sp³-hybridized carbons (Fsp3) is 0.667. The summed E-state index contributed by atoms with van der Waals surface area (Å²) in [5.41, 5.74) is 0. The maximum Gasteiger partial charge on any atom is 0.214 e. The Hall–Kier alpha value is -0.540. The second-order valence-corrected chi connectivity index (χ2v) is 1.83. The van der Waals surface area contributed by atoms with Crippen molar-refractivity contribution in [2.24, 2.45) is 0 Å². The molecule has 1 atom stereocenters. The first kappa shape index (κ1) is 6.58. The summed E-state index contributed by atoms with van der Waals surface area (Å²) in [4.78, 5) is 0. The van der Waals surface area contributed by atoms with Crippen molar-refractivity contribution in [1.82, 2.24) is 0 Å². The van der Waals surface area contributed by atoms with Gasteiger partial charge in [-0.05, 0) is 0 Å². The number of hydrogen-bond donors (Lipinski definition) is 0. The van der Waals surface area contributed by atoms with Crippen LogP contribution in [0.3, 0.4) is 0 Å². The van der Waals surface area contributed by atoms with E-state index in [1.807, 2.05) is 0 Å². The van der Waals surface area contributed by atoms with Crippen LogP contribution in [0.5, 0.6) is 0 Å². The summed E-state index contributed by atoms with van der Waals surface area (Å²) in [5.74, 6) is 0.737. The van der Waals surface area contributed by atoms with E-state index in [-0.39, 0.29) is 0 Å². The van der Waals surface area contributed by atoms with Gasteiger partial charge in [-0.15, -0.1) is 0 Å². The van der Waals surface area contributed by atoms with Crippen molar-refractivity contribution in [1.29, 1.82) is 0 Å². The Labute approximate surface area is 53.9 Å². The van der Waals surface area contributed by atoms with E-state index >= 15 is 0 Å². The average molecular weight is 129 g/mol. The Bertz CT molecular complexity index is 119. The van der Waals surface area contributed by atoms with Crippen molar-refractivity contribution in [2.75, 3.05) is 13.7 Å². The van der Waals surface area contributed by atoms with Crippen LogP contribution in [0.1, 0.15) is 6.42 Å². The summed E-state index contributed by atoms with van der Waals surface area (Å²) < 4.78 is 9.54. The lowest BCUT2D eigenvalue weighted by Gasteiger charge is -2.14. The molecule has 0 aromatic heterocycles. The van der Waals surface area contributed by atoms with E-state index in [4.69, 9.17) is 9.47 Å². The molecule has 0 saturated carbocycles. The van der Waals surface area contributed by atoms with Gasteiger partial charge in [0.1, 0.15) is 0 Å². The van der Waals surface area contributed by atoms with Gasteiger partial charge < -0.3 is 9.47 Å². The van der Waals surface area contributed by atoms with Crippen molar-refractivity contribution in [3.63, 3.8) is 0 Å². The molecule has 9 heavy (non-hydrogen) atoms. The molecule has 1 aliphatic heterocycles. The van der Waals surface area contributed by atoms with Crippen molar-refractivity contribution in [2.45, 2.75) is 12.7 Å². The van der Waals surface area contributed by atoms with E-state index in [0.717, 1.165) is 12.2 Å². The van der Waals surface area contributed by atoms with Gasteiger partial charge in [-0.3, -0.25) is 0 Å². The average Bonchev–Trinajstić information content (AvgIpc) is 1.88. The largest absolute Gasteiger partial charge is 0.501 e. The summed E-state index contributed by atoms with van der Waals surface area (Å²) in [7, 11) is 1.56. The Balaban J connectivity index is 2.49. The number of hydrogen-bond acceptors (Lipinski definition) is 2. The minimum atomic E-state index is -1.02. The third-order valence-electron chi connectivity index (χ3n) is 1.21. The first-order valence-corrected chi connectivity index (χ1v) is 2.85. The van der Waals surface area contributed by atoms with Crippen LogP contribution in [0, 0.1) is 0 Å². The van der Waals surface area contributed by atoms with Gasteiger partial charge in [-0.1, -0.05) is 0 Å². The standard InChI is InChI=1S/C6H9O3/c1-8-5-2-3-9-6(7)4-5/h4,6H,2-3H2,1H3. The van der Waals surface area contributed by atoms with Crippen molar-refractivity contribution >= 4 is 0 Å². The summed E-state index contributed by atoms with van der Waals surface area (Å²) in [5, 5.41) is 10.5. The van der Waals surface area contributed by atoms with E-state index in [2.05, 4.69) is 0 Å². The molecule has 0 aliphatic carbocycles. The van der Waals surface area contributed by atoms with Gasteiger partial charge >= 0.3 is 0 Å². The fourth-order valence-corrected chi connectivity index (χ4v) is 0.729. The predicted octanol–water partition coefficient (Wildman–Crippen LogP) is 0.694. The molecule has 0 fully saturated rings. The normalized spacial score (nSPS) is 27.3. The first-order valence-electron chi connectivity index (χ1n) is 2.85. The molecule has 0 saturated heterocycles. The van der Waals surface area contributed by atoms with Gasteiger partial charge in [0, 0.05) is 12.5 Å². The topological polar surface area (TPSA) is 38.4 Å². The lowest BCUT2D eigenvalue weighted by Crippen LogP contribution is -2.15. The van der Waals surface area contributed by atoms with Gasteiger partial charge in [0.2, 0.25) is 6.29 Å².